The van der Waals surface area contributed by atoms with Gasteiger partial charge in [-0.25, -0.2) is 4.98 Å². The first-order valence-corrected chi connectivity index (χ1v) is 12.6. The Labute approximate surface area is 206 Å². The topological polar surface area (TPSA) is 101 Å². The molecule has 1 unspecified atom stereocenters. The quantitative estimate of drug-likeness (QED) is 0.492. The number of halogens is 6. The van der Waals surface area contributed by atoms with Gasteiger partial charge in [-0.2, -0.15) is 26.3 Å². The van der Waals surface area contributed by atoms with Crippen molar-refractivity contribution < 1.29 is 35.9 Å². The van der Waals surface area contributed by atoms with Crippen molar-refractivity contribution in [1.29, 1.82) is 0 Å². The van der Waals surface area contributed by atoms with Crippen LogP contribution >= 0.6 is 0 Å². The van der Waals surface area contributed by atoms with E-state index in [1.54, 1.807) is 6.33 Å². The lowest BCUT2D eigenvalue weighted by Gasteiger charge is -2.30. The second-order valence-electron chi connectivity index (χ2n) is 10.3. The van der Waals surface area contributed by atoms with Crippen molar-refractivity contribution in [3.8, 4) is 0 Å². The summed E-state index contributed by atoms with van der Waals surface area (Å²) in [5.41, 5.74) is 7.07. The Morgan fingerprint density at radius 1 is 0.889 bits per heavy atom. The van der Waals surface area contributed by atoms with Gasteiger partial charge in [-0.15, -0.1) is 0 Å². The van der Waals surface area contributed by atoms with Gasteiger partial charge in [0, 0.05) is 30.5 Å². The maximum atomic E-state index is 12.6. The number of fused-ring (bicyclic) bond motifs is 1. The lowest BCUT2D eigenvalue weighted by molar-refractivity contribution is -0.184. The van der Waals surface area contributed by atoms with Gasteiger partial charge in [0.05, 0.1) is 23.9 Å². The number of hydrogen-bond donors (Lipinski definition) is 3. The number of rotatable bonds is 4. The number of aromatic amines is 1. The van der Waals surface area contributed by atoms with Crippen molar-refractivity contribution in [2.75, 3.05) is 6.54 Å². The van der Waals surface area contributed by atoms with Crippen LogP contribution in [0.5, 0.6) is 0 Å². The standard InChI is InChI=1S/C16H22F3N3O.C8H12F3NO/c17-16(18,19)12-4-1-10(2-5-12)8-20-15(23)11-3-6-13-14(7-11)22-9-21-13;9-8(10,11)6-3-1-5(2-4-6)7(12)13/h9-12H,1-8H2,(H,20,23)(H,21,22);5-6H,1-4H2,(H2,12,13). The highest BCUT2D eigenvalue weighted by Gasteiger charge is 2.42. The first-order valence-electron chi connectivity index (χ1n) is 12.6. The van der Waals surface area contributed by atoms with E-state index in [9.17, 15) is 35.9 Å². The average Bonchev–Trinajstić information content (AvgIpc) is 3.30. The third-order valence-corrected chi connectivity index (χ3v) is 7.83. The first-order chi connectivity index (χ1) is 16.8. The molecule has 4 N–H and O–H groups in total. The summed E-state index contributed by atoms with van der Waals surface area (Å²) in [4.78, 5) is 30.2. The lowest BCUT2D eigenvalue weighted by Crippen LogP contribution is -2.38. The van der Waals surface area contributed by atoms with Crippen molar-refractivity contribution in [2.45, 2.75) is 83.0 Å². The van der Waals surface area contributed by atoms with E-state index < -0.39 is 30.1 Å². The normalized spacial score (nSPS) is 28.9. The molecule has 6 nitrogen and oxygen atoms in total. The summed E-state index contributed by atoms with van der Waals surface area (Å²) in [6, 6.07) is 0. The molecule has 3 aliphatic carbocycles. The molecule has 1 aromatic rings. The van der Waals surface area contributed by atoms with Gasteiger partial charge in [0.1, 0.15) is 0 Å². The van der Waals surface area contributed by atoms with E-state index in [4.69, 9.17) is 5.73 Å². The van der Waals surface area contributed by atoms with Crippen LogP contribution in [0.25, 0.3) is 0 Å². The molecule has 0 bridgehead atoms. The highest BCUT2D eigenvalue weighted by Crippen LogP contribution is 2.40. The van der Waals surface area contributed by atoms with Crippen LogP contribution in [0, 0.1) is 29.6 Å². The molecule has 1 aromatic heterocycles. The van der Waals surface area contributed by atoms with E-state index in [-0.39, 0.29) is 62.2 Å². The molecule has 204 valence electrons. The van der Waals surface area contributed by atoms with E-state index in [1.165, 1.54) is 0 Å². The number of nitrogens with zero attached hydrogens (tertiary/aromatic N) is 1. The van der Waals surface area contributed by atoms with Gasteiger partial charge in [-0.05, 0) is 70.1 Å². The van der Waals surface area contributed by atoms with Gasteiger partial charge >= 0.3 is 12.4 Å². The first kappa shape index (κ1) is 28.3. The Balaban J connectivity index is 0.000000236. The highest BCUT2D eigenvalue weighted by atomic mass is 19.4. The zero-order valence-electron chi connectivity index (χ0n) is 20.1. The highest BCUT2D eigenvalue weighted by molar-refractivity contribution is 5.79. The fourth-order valence-electron chi connectivity index (χ4n) is 5.41. The van der Waals surface area contributed by atoms with E-state index in [0.29, 0.717) is 25.8 Å². The number of nitrogens with one attached hydrogen (secondary N) is 2. The van der Waals surface area contributed by atoms with Crippen LogP contribution in [0.3, 0.4) is 0 Å². The minimum Gasteiger partial charge on any atom is -0.369 e. The maximum absolute atomic E-state index is 12.6. The number of amides is 2. The predicted octanol–water partition coefficient (Wildman–Crippen LogP) is 4.84. The van der Waals surface area contributed by atoms with Crippen LogP contribution in [0.15, 0.2) is 6.33 Å². The minimum atomic E-state index is -4.11. The summed E-state index contributed by atoms with van der Waals surface area (Å²) >= 11 is 0. The molecule has 1 atom stereocenters. The number of H-pyrrole nitrogens is 1. The Morgan fingerprint density at radius 2 is 1.44 bits per heavy atom. The van der Waals surface area contributed by atoms with Gasteiger partial charge in [-0.1, -0.05) is 0 Å². The van der Waals surface area contributed by atoms with Gasteiger partial charge in [0.2, 0.25) is 11.8 Å². The van der Waals surface area contributed by atoms with Gasteiger partial charge < -0.3 is 16.0 Å². The Kier molecular flexibility index (Phi) is 9.32. The number of carbonyl (C=O) groups excluding carboxylic acids is 2. The number of aromatic nitrogens is 2. The van der Waals surface area contributed by atoms with Gasteiger partial charge in [0.15, 0.2) is 0 Å². The molecule has 1 heterocycles. The molecule has 0 aromatic carbocycles. The molecule has 12 heteroatoms. The van der Waals surface area contributed by atoms with Crippen LogP contribution in [0.1, 0.15) is 69.2 Å². The third-order valence-electron chi connectivity index (χ3n) is 7.83. The van der Waals surface area contributed by atoms with Crippen molar-refractivity contribution in [3.05, 3.63) is 17.7 Å². The largest absolute Gasteiger partial charge is 0.391 e. The maximum Gasteiger partial charge on any atom is 0.391 e. The SMILES string of the molecule is NC(=O)C1CCC(C(F)(F)F)CC1.O=C(NCC1CCC(C(F)(F)F)CC1)C1CCc2nc[nH]c2C1. The number of nitrogens with two attached hydrogens (primary N) is 1. The number of hydrogen-bond acceptors (Lipinski definition) is 3. The molecule has 0 aliphatic heterocycles. The van der Waals surface area contributed by atoms with Gasteiger partial charge in [0.25, 0.3) is 0 Å². The molecule has 2 fully saturated rings. The van der Waals surface area contributed by atoms with E-state index in [2.05, 4.69) is 15.3 Å². The van der Waals surface area contributed by atoms with Crippen molar-refractivity contribution in [3.63, 3.8) is 0 Å². The number of alkyl halides is 6. The van der Waals surface area contributed by atoms with Crippen LogP contribution < -0.4 is 11.1 Å². The summed E-state index contributed by atoms with van der Waals surface area (Å²) in [5.74, 6) is -3.09. The van der Waals surface area contributed by atoms with E-state index >= 15 is 0 Å². The second kappa shape index (κ2) is 11.9. The molecular weight excluding hydrogens is 490 g/mol. The Hall–Kier alpha value is -2.27. The zero-order chi connectivity index (χ0) is 26.5. The average molecular weight is 525 g/mol. The summed E-state index contributed by atoms with van der Waals surface area (Å²) in [6.07, 6.45) is -2.19. The molecular formula is C24H34F6N4O2. The number of carbonyl (C=O) groups is 2. The molecule has 0 radical (unpaired) electrons. The van der Waals surface area contributed by atoms with Crippen molar-refractivity contribution >= 4 is 11.8 Å². The van der Waals surface area contributed by atoms with E-state index in [1.807, 2.05) is 0 Å². The fourth-order valence-corrected chi connectivity index (χ4v) is 5.41. The van der Waals surface area contributed by atoms with Crippen LogP contribution in [-0.2, 0) is 22.4 Å². The molecule has 0 saturated heterocycles. The van der Waals surface area contributed by atoms with Crippen molar-refractivity contribution in [1.82, 2.24) is 15.3 Å². The summed E-state index contributed by atoms with van der Waals surface area (Å²) < 4.78 is 74.4. The number of imidazole rings is 1. The molecule has 4 rings (SSSR count). The number of aryl methyl sites for hydroxylation is 1. The molecule has 3 aliphatic rings. The zero-order valence-corrected chi connectivity index (χ0v) is 20.1. The smallest absolute Gasteiger partial charge is 0.369 e. The van der Waals surface area contributed by atoms with Crippen LogP contribution in [0.4, 0.5) is 26.3 Å². The van der Waals surface area contributed by atoms with Crippen LogP contribution in [-0.4, -0.2) is 40.7 Å². The molecule has 2 amide bonds. The van der Waals surface area contributed by atoms with Gasteiger partial charge in [-0.3, -0.25) is 9.59 Å². The monoisotopic (exact) mass is 524 g/mol. The summed E-state index contributed by atoms with van der Waals surface area (Å²) in [7, 11) is 0. The summed E-state index contributed by atoms with van der Waals surface area (Å²) in [5, 5.41) is 2.94. The third kappa shape index (κ3) is 7.86. The predicted molar refractivity (Wildman–Crippen MR) is 119 cm³/mol. The lowest BCUT2D eigenvalue weighted by atomic mass is 9.81. The Morgan fingerprint density at radius 3 is 1.97 bits per heavy atom. The molecule has 2 saturated carbocycles. The molecule has 36 heavy (non-hydrogen) atoms. The minimum absolute atomic E-state index is 0.0168. The Bertz CT molecular complexity index is 869. The summed E-state index contributed by atoms with van der Waals surface area (Å²) in [6.45, 7) is 0.496. The van der Waals surface area contributed by atoms with Crippen molar-refractivity contribution in [2.24, 2.45) is 35.3 Å². The second-order valence-corrected chi connectivity index (χ2v) is 10.3. The van der Waals surface area contributed by atoms with Crippen LogP contribution in [0.2, 0.25) is 0 Å². The fraction of sp³-hybridized carbons (Fsp3) is 0.792. The molecule has 0 spiro atoms. The van der Waals surface area contributed by atoms with E-state index in [0.717, 1.165) is 24.2 Å². The number of primary amides is 1.